The van der Waals surface area contributed by atoms with Crippen LogP contribution in [-0.4, -0.2) is 78.0 Å². The van der Waals surface area contributed by atoms with Crippen LogP contribution in [0.25, 0.3) is 20.7 Å². The van der Waals surface area contributed by atoms with Crippen molar-refractivity contribution in [3.8, 4) is 10.6 Å². The molecule has 35 heavy (non-hydrogen) atoms. The molecule has 0 bridgehead atoms. The quantitative estimate of drug-likeness (QED) is 0.388. The van der Waals surface area contributed by atoms with Crippen LogP contribution >= 0.6 is 47.8 Å². The Balaban J connectivity index is 0.00000171. The molecule has 2 N–H and O–H groups in total. The number of likely N-dealkylation sites (N-methyl/N-ethyl adjacent to an activating group) is 1. The topological polar surface area (TPSA) is 73.4 Å². The number of halogens is 3. The Bertz CT molecular complexity index is 1150. The molecule has 2 aliphatic rings. The Morgan fingerprint density at radius 3 is 2.71 bits per heavy atom. The highest BCUT2D eigenvalue weighted by molar-refractivity contribution is 7.22. The lowest BCUT2D eigenvalue weighted by atomic mass is 10.1. The molecular formula is C24H31Cl3N6OS. The van der Waals surface area contributed by atoms with Crippen LogP contribution in [0.4, 0.5) is 5.95 Å². The Morgan fingerprint density at radius 1 is 1.20 bits per heavy atom. The van der Waals surface area contributed by atoms with Crippen LogP contribution in [0, 0.1) is 0 Å². The average molecular weight is 558 g/mol. The monoisotopic (exact) mass is 556 g/mol. The zero-order valence-corrected chi connectivity index (χ0v) is 22.8. The number of hydrogen-bond acceptors (Lipinski definition) is 7. The summed E-state index contributed by atoms with van der Waals surface area (Å²) in [7, 11) is 2.18. The van der Waals surface area contributed by atoms with Gasteiger partial charge < -0.3 is 20.4 Å². The summed E-state index contributed by atoms with van der Waals surface area (Å²) in [5, 5.41) is 7.87. The summed E-state index contributed by atoms with van der Waals surface area (Å²) >= 11 is 8.07. The smallest absolute Gasteiger partial charge is 0.252 e. The molecule has 0 spiro atoms. The third-order valence-electron chi connectivity index (χ3n) is 6.23. The van der Waals surface area contributed by atoms with E-state index in [1.54, 1.807) is 17.5 Å². The number of carbonyl (C=O) groups is 1. The van der Waals surface area contributed by atoms with Crippen LogP contribution < -0.4 is 10.6 Å². The molecule has 0 atom stereocenters. The molecule has 0 unspecified atom stereocenters. The van der Waals surface area contributed by atoms with Crippen LogP contribution in [0.3, 0.4) is 0 Å². The summed E-state index contributed by atoms with van der Waals surface area (Å²) in [5.74, 6) is 0.570. The van der Waals surface area contributed by atoms with Gasteiger partial charge in [-0.05, 0) is 51.1 Å². The van der Waals surface area contributed by atoms with E-state index in [2.05, 4.69) is 32.5 Å². The van der Waals surface area contributed by atoms with E-state index in [4.69, 9.17) is 16.6 Å². The number of fused-ring (bicyclic) bond motifs is 1. The van der Waals surface area contributed by atoms with Gasteiger partial charge in [0.15, 0.2) is 0 Å². The van der Waals surface area contributed by atoms with E-state index in [-0.39, 0.29) is 30.7 Å². The van der Waals surface area contributed by atoms with Gasteiger partial charge in [0.1, 0.15) is 5.69 Å². The minimum atomic E-state index is -0.0102. The number of hydrogen-bond donors (Lipinski definition) is 2. The van der Waals surface area contributed by atoms with Gasteiger partial charge in [0.25, 0.3) is 5.91 Å². The van der Waals surface area contributed by atoms with Gasteiger partial charge in [-0.1, -0.05) is 17.7 Å². The van der Waals surface area contributed by atoms with Crippen molar-refractivity contribution in [2.75, 3.05) is 51.6 Å². The Kier molecular flexibility index (Phi) is 9.98. The average Bonchev–Trinajstić information content (AvgIpc) is 3.52. The lowest BCUT2D eigenvalue weighted by Gasteiger charge is -2.32. The van der Waals surface area contributed by atoms with Crippen molar-refractivity contribution in [2.45, 2.75) is 25.3 Å². The van der Waals surface area contributed by atoms with Gasteiger partial charge in [0.05, 0.1) is 16.1 Å². The number of nitrogens with zero attached hydrogens (tertiary/aromatic N) is 4. The fourth-order valence-electron chi connectivity index (χ4n) is 4.07. The van der Waals surface area contributed by atoms with E-state index < -0.39 is 0 Å². The second kappa shape index (κ2) is 12.5. The molecule has 190 valence electrons. The summed E-state index contributed by atoms with van der Waals surface area (Å²) < 4.78 is 1.05. The maximum atomic E-state index is 12.7. The number of aromatic nitrogens is 2. The van der Waals surface area contributed by atoms with Crippen LogP contribution in [0.1, 0.15) is 29.6 Å². The first-order valence-electron chi connectivity index (χ1n) is 11.6. The molecular weight excluding hydrogens is 527 g/mol. The maximum absolute atomic E-state index is 12.7. The van der Waals surface area contributed by atoms with Gasteiger partial charge >= 0.3 is 0 Å². The number of carbonyl (C=O) groups excluding carboxylic acids is 1. The molecule has 1 aliphatic heterocycles. The number of nitrogens with one attached hydrogen (secondary N) is 2. The van der Waals surface area contributed by atoms with Gasteiger partial charge in [-0.25, -0.2) is 9.97 Å². The molecule has 5 rings (SSSR count). The number of piperazine rings is 1. The van der Waals surface area contributed by atoms with Crippen molar-refractivity contribution in [3.63, 3.8) is 0 Å². The summed E-state index contributed by atoms with van der Waals surface area (Å²) in [6.45, 7) is 6.41. The Morgan fingerprint density at radius 2 is 1.97 bits per heavy atom. The van der Waals surface area contributed by atoms with Crippen molar-refractivity contribution in [2.24, 2.45) is 0 Å². The summed E-state index contributed by atoms with van der Waals surface area (Å²) in [6, 6.07) is 8.19. The zero-order valence-electron chi connectivity index (χ0n) is 19.6. The predicted octanol–water partition coefficient (Wildman–Crippen LogP) is 4.80. The predicted molar refractivity (Wildman–Crippen MR) is 150 cm³/mol. The molecule has 7 nitrogen and oxygen atoms in total. The van der Waals surface area contributed by atoms with E-state index in [0.29, 0.717) is 28.3 Å². The first-order chi connectivity index (χ1) is 16.1. The molecule has 1 saturated carbocycles. The molecule has 2 aromatic heterocycles. The van der Waals surface area contributed by atoms with E-state index >= 15 is 0 Å². The van der Waals surface area contributed by atoms with Crippen molar-refractivity contribution in [1.29, 1.82) is 0 Å². The van der Waals surface area contributed by atoms with Gasteiger partial charge in [-0.15, -0.1) is 36.2 Å². The van der Waals surface area contributed by atoms with Crippen molar-refractivity contribution in [1.82, 2.24) is 25.1 Å². The van der Waals surface area contributed by atoms with Gasteiger partial charge in [-0.2, -0.15) is 0 Å². The largest absolute Gasteiger partial charge is 0.354 e. The van der Waals surface area contributed by atoms with Crippen LogP contribution in [0.15, 0.2) is 30.5 Å². The minimum Gasteiger partial charge on any atom is -0.354 e. The minimum absolute atomic E-state index is 0. The standard InChI is InChI=1S/C24H29ClN6OS.2ClH/c1-30-10-12-31(13-11-30)9-3-8-26-24-27-15-19(25)22(29-24)21-14-18-17(4-2-5-20(18)33-21)23(32)28-16-6-7-16;;/h2,4-5,14-16H,3,6-13H2,1H3,(H,28,32)(H,26,27,29);2*1H. The number of benzene rings is 1. The van der Waals surface area contributed by atoms with E-state index in [1.165, 1.54) is 0 Å². The second-order valence-electron chi connectivity index (χ2n) is 8.89. The fourth-order valence-corrected chi connectivity index (χ4v) is 5.41. The highest BCUT2D eigenvalue weighted by atomic mass is 35.5. The fraction of sp³-hybridized carbons (Fsp3) is 0.458. The summed E-state index contributed by atoms with van der Waals surface area (Å²) in [5.41, 5.74) is 1.40. The van der Waals surface area contributed by atoms with Gasteiger partial charge in [0, 0.05) is 54.4 Å². The van der Waals surface area contributed by atoms with Crippen LogP contribution in [-0.2, 0) is 0 Å². The molecule has 1 saturated heterocycles. The highest BCUT2D eigenvalue weighted by Gasteiger charge is 2.25. The van der Waals surface area contributed by atoms with Crippen LogP contribution in [0.2, 0.25) is 5.02 Å². The van der Waals surface area contributed by atoms with Crippen molar-refractivity contribution < 1.29 is 4.79 Å². The van der Waals surface area contributed by atoms with Crippen molar-refractivity contribution >= 4 is 69.7 Å². The summed E-state index contributed by atoms with van der Waals surface area (Å²) in [4.78, 5) is 27.6. The summed E-state index contributed by atoms with van der Waals surface area (Å²) in [6.07, 6.45) is 4.82. The first kappa shape index (κ1) is 27.9. The Hall–Kier alpha value is -1.68. The molecule has 3 aromatic rings. The molecule has 2 fully saturated rings. The number of thiophene rings is 1. The zero-order chi connectivity index (χ0) is 22.8. The molecule has 1 aromatic carbocycles. The maximum Gasteiger partial charge on any atom is 0.252 e. The van der Waals surface area contributed by atoms with Crippen molar-refractivity contribution in [3.05, 3.63) is 41.0 Å². The van der Waals surface area contributed by atoms with Crippen LogP contribution in [0.5, 0.6) is 0 Å². The number of amides is 1. The Labute approximate surface area is 227 Å². The number of anilines is 1. The SMILES string of the molecule is CN1CCN(CCCNc2ncc(Cl)c(-c3cc4c(C(=O)NC5CC5)cccc4s3)n2)CC1.Cl.Cl. The first-order valence-corrected chi connectivity index (χ1v) is 12.8. The second-order valence-corrected chi connectivity index (χ2v) is 10.4. The normalized spacial score (nSPS) is 16.4. The number of rotatable bonds is 8. The molecule has 11 heteroatoms. The molecule has 0 radical (unpaired) electrons. The molecule has 1 aliphatic carbocycles. The third-order valence-corrected chi connectivity index (χ3v) is 7.61. The van der Waals surface area contributed by atoms with Gasteiger partial charge in [-0.3, -0.25) is 4.79 Å². The third kappa shape index (κ3) is 6.96. The lowest BCUT2D eigenvalue weighted by molar-refractivity contribution is 0.0953. The van der Waals surface area contributed by atoms with E-state index in [0.717, 1.165) is 73.5 Å². The van der Waals surface area contributed by atoms with Gasteiger partial charge in [0.2, 0.25) is 5.95 Å². The van der Waals surface area contributed by atoms with E-state index in [9.17, 15) is 4.79 Å². The van der Waals surface area contributed by atoms with E-state index in [1.807, 2.05) is 24.3 Å². The molecule has 3 heterocycles. The molecule has 1 amide bonds. The lowest BCUT2D eigenvalue weighted by Crippen LogP contribution is -2.44. The highest BCUT2D eigenvalue weighted by Crippen LogP contribution is 2.37.